The van der Waals surface area contributed by atoms with E-state index >= 15 is 0 Å². The van der Waals surface area contributed by atoms with Crippen molar-refractivity contribution in [3.8, 4) is 0 Å². The summed E-state index contributed by atoms with van der Waals surface area (Å²) in [4.78, 5) is 26.9. The van der Waals surface area contributed by atoms with Gasteiger partial charge in [-0.15, -0.1) is 0 Å². The van der Waals surface area contributed by atoms with E-state index in [2.05, 4.69) is 17.1 Å². The van der Waals surface area contributed by atoms with E-state index in [0.29, 0.717) is 0 Å². The van der Waals surface area contributed by atoms with Gasteiger partial charge < -0.3 is 10.1 Å². The van der Waals surface area contributed by atoms with Crippen molar-refractivity contribution in [1.29, 1.82) is 0 Å². The van der Waals surface area contributed by atoms with Gasteiger partial charge in [0.25, 0.3) is 5.91 Å². The van der Waals surface area contributed by atoms with Crippen LogP contribution in [-0.2, 0) is 14.4 Å². The number of alkyl carbamates (subject to hydrolysis) is 1. The van der Waals surface area contributed by atoms with Gasteiger partial charge in [0.2, 0.25) is 0 Å². The molecule has 1 rings (SSSR count). The summed E-state index contributed by atoms with van der Waals surface area (Å²) in [6.45, 7) is 7.37. The Morgan fingerprint density at radius 1 is 1.29 bits per heavy atom. The molecule has 2 amide bonds. The average molecular weight is 302 g/mol. The fraction of sp³-hybridized carbons (Fsp3) is 0.867. The summed E-state index contributed by atoms with van der Waals surface area (Å²) >= 11 is 0. The van der Waals surface area contributed by atoms with Crippen LogP contribution in [0.4, 0.5) is 4.79 Å². The molecule has 0 unspecified atom stereocenters. The number of hydrogen-bond donors (Lipinski definition) is 1. The fourth-order valence-electron chi connectivity index (χ4n) is 1.58. The summed E-state index contributed by atoms with van der Waals surface area (Å²) in [6.07, 6.45) is 5.31. The topological polar surface area (TPSA) is 67.9 Å². The van der Waals surface area contributed by atoms with Crippen LogP contribution in [-0.4, -0.2) is 43.4 Å². The van der Waals surface area contributed by atoms with Gasteiger partial charge in [0.15, 0.2) is 0 Å². The van der Waals surface area contributed by atoms with Crippen molar-refractivity contribution < 1.29 is 19.2 Å². The largest absolute Gasteiger partial charge is 0.444 e. The minimum absolute atomic E-state index is 0.154. The summed E-state index contributed by atoms with van der Waals surface area (Å²) in [5.74, 6) is 0.758. The van der Waals surface area contributed by atoms with Crippen LogP contribution in [0.3, 0.4) is 0 Å². The van der Waals surface area contributed by atoms with Crippen LogP contribution in [0.1, 0.15) is 53.4 Å². The second-order valence-corrected chi connectivity index (χ2v) is 6.13. The van der Waals surface area contributed by atoms with Crippen molar-refractivity contribution in [1.82, 2.24) is 10.4 Å². The Hall–Kier alpha value is -1.30. The molecule has 0 heterocycles. The summed E-state index contributed by atoms with van der Waals surface area (Å²) in [7, 11) is 2.82. The van der Waals surface area contributed by atoms with E-state index in [-0.39, 0.29) is 12.5 Å². The third-order valence-corrected chi connectivity index (χ3v) is 3.21. The Balaban J connectivity index is 0.000000547. The number of carbonyl (C=O) groups excluding carboxylic acids is 2. The number of rotatable bonds is 4. The Kier molecular flexibility index (Phi) is 9.01. The average Bonchev–Trinajstić information content (AvgIpc) is 2.32. The predicted octanol–water partition coefficient (Wildman–Crippen LogP) is 2.73. The smallest absolute Gasteiger partial charge is 0.408 e. The van der Waals surface area contributed by atoms with Crippen molar-refractivity contribution >= 4 is 12.0 Å². The van der Waals surface area contributed by atoms with E-state index in [0.717, 1.165) is 11.0 Å². The van der Waals surface area contributed by atoms with Gasteiger partial charge in [-0.1, -0.05) is 32.6 Å². The first-order valence-corrected chi connectivity index (χ1v) is 7.47. The summed E-state index contributed by atoms with van der Waals surface area (Å²) in [6, 6.07) is 0. The van der Waals surface area contributed by atoms with Gasteiger partial charge in [0, 0.05) is 7.05 Å². The van der Waals surface area contributed by atoms with E-state index in [9.17, 15) is 9.59 Å². The van der Waals surface area contributed by atoms with E-state index in [1.807, 2.05) is 0 Å². The second kappa shape index (κ2) is 9.60. The molecule has 1 saturated carbocycles. The minimum atomic E-state index is -0.625. The Bertz CT molecular complexity index is 319. The van der Waals surface area contributed by atoms with Crippen LogP contribution < -0.4 is 5.32 Å². The molecule has 1 aliphatic carbocycles. The molecule has 0 aliphatic heterocycles. The van der Waals surface area contributed by atoms with Gasteiger partial charge in [0.05, 0.1) is 7.11 Å². The van der Waals surface area contributed by atoms with Crippen LogP contribution in [0.15, 0.2) is 0 Å². The number of nitrogens with zero attached hydrogens (tertiary/aromatic N) is 1. The lowest BCUT2D eigenvalue weighted by Gasteiger charge is -2.22. The predicted molar refractivity (Wildman–Crippen MR) is 81.6 cm³/mol. The lowest BCUT2D eigenvalue weighted by atomic mass is 9.84. The number of nitrogens with one attached hydrogen (secondary N) is 1. The second-order valence-electron chi connectivity index (χ2n) is 6.13. The first kappa shape index (κ1) is 19.7. The highest BCUT2D eigenvalue weighted by molar-refractivity contribution is 5.81. The van der Waals surface area contributed by atoms with Gasteiger partial charge in [-0.25, -0.2) is 9.86 Å². The number of likely N-dealkylation sites (N-methyl/N-ethyl adjacent to an activating group) is 1. The maximum atomic E-state index is 11.2. The lowest BCUT2D eigenvalue weighted by molar-refractivity contribution is -0.167. The van der Waals surface area contributed by atoms with E-state index in [4.69, 9.17) is 4.74 Å². The summed E-state index contributed by atoms with van der Waals surface area (Å²) < 4.78 is 4.94. The Labute approximate surface area is 128 Å². The number of amides is 2. The van der Waals surface area contributed by atoms with Gasteiger partial charge in [0.1, 0.15) is 12.1 Å². The zero-order chi connectivity index (χ0) is 16.5. The van der Waals surface area contributed by atoms with E-state index in [1.54, 1.807) is 20.8 Å². The van der Waals surface area contributed by atoms with Crippen LogP contribution in [0.2, 0.25) is 0 Å². The van der Waals surface area contributed by atoms with Crippen LogP contribution in [0.5, 0.6) is 0 Å². The molecule has 6 heteroatoms. The molecule has 0 saturated heterocycles. The molecular formula is C15H30N2O4. The number of carbonyl (C=O) groups is 2. The molecule has 0 spiro atoms. The zero-order valence-corrected chi connectivity index (χ0v) is 14.2. The minimum Gasteiger partial charge on any atom is -0.444 e. The highest BCUT2D eigenvalue weighted by Crippen LogP contribution is 2.28. The maximum absolute atomic E-state index is 11.2. The van der Waals surface area contributed by atoms with Gasteiger partial charge in [-0.05, 0) is 26.7 Å². The van der Waals surface area contributed by atoms with Crippen LogP contribution in [0, 0.1) is 5.92 Å². The van der Waals surface area contributed by atoms with Crippen LogP contribution >= 0.6 is 0 Å². The third-order valence-electron chi connectivity index (χ3n) is 3.21. The molecule has 6 nitrogen and oxygen atoms in total. The number of hydrogen-bond acceptors (Lipinski definition) is 4. The van der Waals surface area contributed by atoms with Crippen LogP contribution in [0.25, 0.3) is 0 Å². The molecule has 0 aromatic rings. The lowest BCUT2D eigenvalue weighted by Crippen LogP contribution is -2.40. The molecule has 0 atom stereocenters. The molecule has 124 valence electrons. The van der Waals surface area contributed by atoms with Gasteiger partial charge in [-0.3, -0.25) is 9.63 Å². The Morgan fingerprint density at radius 3 is 2.14 bits per heavy atom. The molecule has 0 radical (unpaired) electrons. The number of hydroxylamine groups is 2. The number of ether oxygens (including phenoxy) is 1. The standard InChI is InChI=1S/C9H18N2O4.C6H12/c1-9(2,3)15-8(13)10-6-7(12)11(4)14-5;1-2-6-4-3-5-6/h6H2,1-5H3,(H,10,13);6H,2-5H2,1H3. The third kappa shape index (κ3) is 10.1. The van der Waals surface area contributed by atoms with Crippen molar-refractivity contribution in [2.24, 2.45) is 5.92 Å². The highest BCUT2D eigenvalue weighted by atomic mass is 16.7. The van der Waals surface area contributed by atoms with Crippen molar-refractivity contribution in [2.75, 3.05) is 20.7 Å². The monoisotopic (exact) mass is 302 g/mol. The SMILES string of the molecule is CCC1CCC1.CON(C)C(=O)CNC(=O)OC(C)(C)C. The quantitative estimate of drug-likeness (QED) is 0.811. The van der Waals surface area contributed by atoms with Crippen molar-refractivity contribution in [3.05, 3.63) is 0 Å². The molecule has 1 N–H and O–H groups in total. The molecule has 1 fully saturated rings. The first-order valence-electron chi connectivity index (χ1n) is 7.47. The molecule has 0 aromatic carbocycles. The summed E-state index contributed by atoms with van der Waals surface area (Å²) in [5, 5.41) is 3.35. The molecule has 21 heavy (non-hydrogen) atoms. The molecule has 1 aliphatic rings. The molecule has 0 bridgehead atoms. The van der Waals surface area contributed by atoms with Gasteiger partial charge in [-0.2, -0.15) is 0 Å². The maximum Gasteiger partial charge on any atom is 0.408 e. The highest BCUT2D eigenvalue weighted by Gasteiger charge is 2.17. The zero-order valence-electron chi connectivity index (χ0n) is 14.2. The van der Waals surface area contributed by atoms with Crippen molar-refractivity contribution in [2.45, 2.75) is 59.0 Å². The normalized spacial score (nSPS) is 14.4. The van der Waals surface area contributed by atoms with Gasteiger partial charge >= 0.3 is 6.09 Å². The molecular weight excluding hydrogens is 272 g/mol. The Morgan fingerprint density at radius 2 is 1.86 bits per heavy atom. The van der Waals surface area contributed by atoms with Crippen molar-refractivity contribution in [3.63, 3.8) is 0 Å². The first-order chi connectivity index (χ1) is 9.69. The van der Waals surface area contributed by atoms with E-state index in [1.165, 1.54) is 39.8 Å². The fourth-order valence-corrected chi connectivity index (χ4v) is 1.58. The molecule has 0 aromatic heterocycles. The summed E-state index contributed by atoms with van der Waals surface area (Å²) in [5.41, 5.74) is -0.569. The van der Waals surface area contributed by atoms with E-state index < -0.39 is 11.7 Å².